The number of halogens is 1. The van der Waals surface area contributed by atoms with Crippen LogP contribution in [0.2, 0.25) is 0 Å². The summed E-state index contributed by atoms with van der Waals surface area (Å²) in [6.45, 7) is 4.86. The van der Waals surface area contributed by atoms with Gasteiger partial charge in [0.25, 0.3) is 0 Å². The molecular weight excluding hydrogens is 461 g/mol. The van der Waals surface area contributed by atoms with E-state index < -0.39 is 34.3 Å². The van der Waals surface area contributed by atoms with Gasteiger partial charge in [-0.05, 0) is 56.2 Å². The second-order valence-corrected chi connectivity index (χ2v) is 10.0. The van der Waals surface area contributed by atoms with Crippen molar-refractivity contribution in [2.75, 3.05) is 24.2 Å². The standard InChI is InChI=1S/C24H32FN3O5S/c1-6-17(2)26-24(30)18(3)27(15-19-10-12-22(33-4)13-11-19)23(29)16-28(34(5,31)32)21-9-7-8-20(25)14-21/h7-14,17-18H,6,15-16H2,1-5H3,(H,26,30)/t17-,18+/m1/s1. The second kappa shape index (κ2) is 11.8. The van der Waals surface area contributed by atoms with Crippen LogP contribution in [0.4, 0.5) is 10.1 Å². The van der Waals surface area contributed by atoms with Crippen LogP contribution in [0.15, 0.2) is 48.5 Å². The Morgan fingerprint density at radius 1 is 1.12 bits per heavy atom. The number of benzene rings is 2. The molecule has 186 valence electrons. The molecule has 2 atom stereocenters. The van der Waals surface area contributed by atoms with Crippen molar-refractivity contribution in [1.82, 2.24) is 10.2 Å². The Bertz CT molecular complexity index is 1090. The van der Waals surface area contributed by atoms with Gasteiger partial charge in [-0.3, -0.25) is 13.9 Å². The smallest absolute Gasteiger partial charge is 0.244 e. The van der Waals surface area contributed by atoms with E-state index in [2.05, 4.69) is 5.32 Å². The van der Waals surface area contributed by atoms with E-state index in [0.29, 0.717) is 12.2 Å². The molecule has 0 saturated heterocycles. The van der Waals surface area contributed by atoms with Gasteiger partial charge in [-0.15, -0.1) is 0 Å². The van der Waals surface area contributed by atoms with Gasteiger partial charge in [0.05, 0.1) is 19.1 Å². The average Bonchev–Trinajstić information content (AvgIpc) is 2.79. The number of hydrogen-bond acceptors (Lipinski definition) is 5. The number of sulfonamides is 1. The molecule has 2 amide bonds. The molecule has 0 aliphatic heterocycles. The van der Waals surface area contributed by atoms with Gasteiger partial charge in [-0.25, -0.2) is 12.8 Å². The van der Waals surface area contributed by atoms with Gasteiger partial charge in [-0.1, -0.05) is 25.1 Å². The summed E-state index contributed by atoms with van der Waals surface area (Å²) >= 11 is 0. The molecule has 1 N–H and O–H groups in total. The molecule has 2 aromatic rings. The first kappa shape index (κ1) is 27.1. The maximum atomic E-state index is 13.8. The molecule has 0 bridgehead atoms. The van der Waals surface area contributed by atoms with Crippen molar-refractivity contribution < 1.29 is 27.1 Å². The van der Waals surface area contributed by atoms with Gasteiger partial charge >= 0.3 is 0 Å². The Labute approximate surface area is 200 Å². The zero-order chi connectivity index (χ0) is 25.5. The fraction of sp³-hybridized carbons (Fsp3) is 0.417. The molecule has 0 aliphatic rings. The minimum Gasteiger partial charge on any atom is -0.497 e. The Hall–Kier alpha value is -3.14. The van der Waals surface area contributed by atoms with Crippen LogP contribution in [0.25, 0.3) is 0 Å². The monoisotopic (exact) mass is 493 g/mol. The number of ether oxygens (including phenoxy) is 1. The minimum atomic E-state index is -3.91. The van der Waals surface area contributed by atoms with Crippen molar-refractivity contribution in [3.63, 3.8) is 0 Å². The molecule has 2 rings (SSSR count). The van der Waals surface area contributed by atoms with Crippen molar-refractivity contribution in [1.29, 1.82) is 0 Å². The van der Waals surface area contributed by atoms with E-state index in [9.17, 15) is 22.4 Å². The predicted molar refractivity (Wildman–Crippen MR) is 129 cm³/mol. The van der Waals surface area contributed by atoms with Crippen LogP contribution in [-0.4, -0.2) is 57.1 Å². The molecule has 0 aromatic heterocycles. The summed E-state index contributed by atoms with van der Waals surface area (Å²) in [6, 6.07) is 11.0. The maximum absolute atomic E-state index is 13.8. The summed E-state index contributed by atoms with van der Waals surface area (Å²) in [5.41, 5.74) is 0.756. The highest BCUT2D eigenvalue weighted by Crippen LogP contribution is 2.20. The zero-order valence-electron chi connectivity index (χ0n) is 20.1. The van der Waals surface area contributed by atoms with Gasteiger partial charge in [0.2, 0.25) is 21.8 Å². The van der Waals surface area contributed by atoms with E-state index in [-0.39, 0.29) is 24.2 Å². The average molecular weight is 494 g/mol. The van der Waals surface area contributed by atoms with Gasteiger partial charge in [-0.2, -0.15) is 0 Å². The number of methoxy groups -OCH3 is 1. The fourth-order valence-corrected chi connectivity index (χ4v) is 4.06. The van der Waals surface area contributed by atoms with Gasteiger partial charge in [0.15, 0.2) is 0 Å². The molecule has 8 nitrogen and oxygen atoms in total. The number of carbonyl (C=O) groups is 2. The lowest BCUT2D eigenvalue weighted by Crippen LogP contribution is -2.52. The van der Waals surface area contributed by atoms with E-state index in [0.717, 1.165) is 22.2 Å². The van der Waals surface area contributed by atoms with Crippen LogP contribution in [0.1, 0.15) is 32.8 Å². The Morgan fingerprint density at radius 3 is 2.29 bits per heavy atom. The Kier molecular flexibility index (Phi) is 9.43. The van der Waals surface area contributed by atoms with E-state index in [1.807, 2.05) is 13.8 Å². The van der Waals surface area contributed by atoms with Crippen molar-refractivity contribution in [3.8, 4) is 5.75 Å². The second-order valence-electron chi connectivity index (χ2n) is 8.11. The lowest BCUT2D eigenvalue weighted by molar-refractivity contribution is -0.139. The first-order valence-electron chi connectivity index (χ1n) is 10.9. The summed E-state index contributed by atoms with van der Waals surface area (Å²) < 4.78 is 44.7. The Morgan fingerprint density at radius 2 is 1.76 bits per heavy atom. The van der Waals surface area contributed by atoms with E-state index in [1.54, 1.807) is 38.3 Å². The van der Waals surface area contributed by atoms with E-state index >= 15 is 0 Å². The number of nitrogens with zero attached hydrogens (tertiary/aromatic N) is 2. The van der Waals surface area contributed by atoms with E-state index in [4.69, 9.17) is 4.74 Å². The lowest BCUT2D eigenvalue weighted by atomic mass is 10.1. The number of carbonyl (C=O) groups excluding carboxylic acids is 2. The summed E-state index contributed by atoms with van der Waals surface area (Å²) in [5.74, 6) is -0.946. The Balaban J connectivity index is 2.37. The molecular formula is C24H32FN3O5S. The first-order valence-corrected chi connectivity index (χ1v) is 12.8. The normalized spacial score (nSPS) is 13.0. The molecule has 0 fully saturated rings. The van der Waals surface area contributed by atoms with E-state index in [1.165, 1.54) is 23.1 Å². The quantitative estimate of drug-likeness (QED) is 0.519. The predicted octanol–water partition coefficient (Wildman–Crippen LogP) is 2.93. The molecule has 10 heteroatoms. The van der Waals surface area contributed by atoms with Gasteiger partial charge in [0, 0.05) is 12.6 Å². The third-order valence-corrected chi connectivity index (χ3v) is 6.60. The minimum absolute atomic E-state index is 0.0250. The molecule has 0 saturated carbocycles. The van der Waals surface area contributed by atoms with Crippen LogP contribution >= 0.6 is 0 Å². The molecule has 0 radical (unpaired) electrons. The maximum Gasteiger partial charge on any atom is 0.244 e. The number of anilines is 1. The molecule has 2 aromatic carbocycles. The van der Waals surface area contributed by atoms with Crippen LogP contribution in [0, 0.1) is 5.82 Å². The highest BCUT2D eigenvalue weighted by Gasteiger charge is 2.30. The first-order chi connectivity index (χ1) is 16.0. The number of nitrogens with one attached hydrogen (secondary N) is 1. The number of rotatable bonds is 11. The third-order valence-electron chi connectivity index (χ3n) is 5.46. The van der Waals surface area contributed by atoms with Crippen molar-refractivity contribution in [2.24, 2.45) is 0 Å². The van der Waals surface area contributed by atoms with Crippen molar-refractivity contribution in [2.45, 2.75) is 45.8 Å². The number of amides is 2. The summed E-state index contributed by atoms with van der Waals surface area (Å²) in [6.07, 6.45) is 1.66. The third kappa shape index (κ3) is 7.44. The molecule has 0 heterocycles. The van der Waals surface area contributed by atoms with Crippen LogP contribution in [0.3, 0.4) is 0 Å². The van der Waals surface area contributed by atoms with Gasteiger partial charge < -0.3 is 15.0 Å². The van der Waals surface area contributed by atoms with Crippen molar-refractivity contribution >= 4 is 27.5 Å². The molecule has 0 spiro atoms. The summed E-state index contributed by atoms with van der Waals surface area (Å²) in [7, 11) is -2.37. The molecule has 34 heavy (non-hydrogen) atoms. The number of hydrogen-bond donors (Lipinski definition) is 1. The summed E-state index contributed by atoms with van der Waals surface area (Å²) in [4.78, 5) is 27.6. The largest absolute Gasteiger partial charge is 0.497 e. The fourth-order valence-electron chi connectivity index (χ4n) is 3.22. The van der Waals surface area contributed by atoms with Gasteiger partial charge in [0.1, 0.15) is 24.2 Å². The van der Waals surface area contributed by atoms with Crippen molar-refractivity contribution in [3.05, 3.63) is 59.9 Å². The highest BCUT2D eigenvalue weighted by atomic mass is 32.2. The van der Waals surface area contributed by atoms with Crippen LogP contribution in [-0.2, 0) is 26.2 Å². The molecule has 0 unspecified atom stereocenters. The summed E-state index contributed by atoms with van der Waals surface area (Å²) in [5, 5.41) is 2.86. The molecule has 0 aliphatic carbocycles. The van der Waals surface area contributed by atoms with Crippen LogP contribution in [0.5, 0.6) is 5.75 Å². The lowest BCUT2D eigenvalue weighted by Gasteiger charge is -2.32. The SMILES string of the molecule is CC[C@@H](C)NC(=O)[C@H](C)N(Cc1ccc(OC)cc1)C(=O)CN(c1cccc(F)c1)S(C)(=O)=O. The zero-order valence-corrected chi connectivity index (χ0v) is 20.9. The van der Waals surface area contributed by atoms with Crippen LogP contribution < -0.4 is 14.4 Å². The topological polar surface area (TPSA) is 96.0 Å². The highest BCUT2D eigenvalue weighted by molar-refractivity contribution is 7.92.